The summed E-state index contributed by atoms with van der Waals surface area (Å²) in [6.45, 7) is 7.62. The summed E-state index contributed by atoms with van der Waals surface area (Å²) in [5, 5.41) is 19.6. The third kappa shape index (κ3) is 4.26. The number of aryl methyl sites for hydroxylation is 1. The molecule has 1 saturated heterocycles. The largest absolute Gasteiger partial charge is 0.507 e. The molecule has 30 heavy (non-hydrogen) atoms. The fraction of sp³-hybridized carbons (Fsp3) is 0.375. The summed E-state index contributed by atoms with van der Waals surface area (Å²) in [6, 6.07) is 11.3. The minimum absolute atomic E-state index is 0.141. The summed E-state index contributed by atoms with van der Waals surface area (Å²) in [4.78, 5) is 15.6. The van der Waals surface area contributed by atoms with Crippen molar-refractivity contribution in [1.29, 1.82) is 0 Å². The minimum Gasteiger partial charge on any atom is -0.507 e. The van der Waals surface area contributed by atoms with Crippen LogP contribution < -0.4 is 14.5 Å². The second kappa shape index (κ2) is 9.00. The fourth-order valence-electron chi connectivity index (χ4n) is 4.26. The Balaban J connectivity index is 1.53. The molecule has 2 aromatic rings. The van der Waals surface area contributed by atoms with Crippen molar-refractivity contribution in [3.05, 3.63) is 64.4 Å². The molecule has 2 aliphatic rings. The van der Waals surface area contributed by atoms with Gasteiger partial charge in [0.1, 0.15) is 45.0 Å². The Morgan fingerprint density at radius 3 is 2.40 bits per heavy atom. The van der Waals surface area contributed by atoms with Crippen LogP contribution in [0.15, 0.2) is 42.2 Å². The average Bonchev–Trinajstić information content (AvgIpc) is 3.08. The number of allylic oxidation sites excluding steroid dienone is 1. The number of carbonyl (C=O) groups excluding carboxylic acids is 1. The lowest BCUT2D eigenvalue weighted by molar-refractivity contribution is -1.02. The summed E-state index contributed by atoms with van der Waals surface area (Å²) in [6.07, 6.45) is 2.74. The number of piperazine rings is 1. The van der Waals surface area contributed by atoms with Gasteiger partial charge in [0, 0.05) is 0 Å². The maximum absolute atomic E-state index is 12.9. The van der Waals surface area contributed by atoms with Crippen LogP contribution >= 0.6 is 0 Å². The average molecular weight is 411 g/mol. The van der Waals surface area contributed by atoms with Gasteiger partial charge in [-0.3, -0.25) is 4.79 Å². The van der Waals surface area contributed by atoms with E-state index in [9.17, 15) is 9.90 Å². The van der Waals surface area contributed by atoms with Gasteiger partial charge in [-0.15, -0.1) is 0 Å². The standard InChI is InChI=1S/C24H28N2O4/c1-2-17-3-5-18(6-4-17)15-22-23(29)19-7-8-21(28)20(24(19)30-22)16-26-11-9-25(10-12-26)13-14-27/h3-8,15,27-28H,2,9-14,16H2,1H3/p+2/b22-15-. The van der Waals surface area contributed by atoms with Gasteiger partial charge in [0.15, 0.2) is 11.5 Å². The van der Waals surface area contributed by atoms with E-state index in [-0.39, 0.29) is 18.1 Å². The molecule has 0 radical (unpaired) electrons. The lowest BCUT2D eigenvalue weighted by Gasteiger charge is -2.29. The van der Waals surface area contributed by atoms with Gasteiger partial charge in [-0.05, 0) is 35.8 Å². The van der Waals surface area contributed by atoms with Crippen LogP contribution in [0.1, 0.15) is 34.0 Å². The Morgan fingerprint density at radius 1 is 1.03 bits per heavy atom. The summed E-state index contributed by atoms with van der Waals surface area (Å²) < 4.78 is 5.99. The molecule has 0 aliphatic carbocycles. The Bertz CT molecular complexity index is 944. The van der Waals surface area contributed by atoms with E-state index in [4.69, 9.17) is 9.84 Å². The fourth-order valence-corrected chi connectivity index (χ4v) is 4.26. The molecule has 4 N–H and O–H groups in total. The maximum atomic E-state index is 12.9. The maximum Gasteiger partial charge on any atom is 0.231 e. The second-order valence-electron chi connectivity index (χ2n) is 8.13. The molecule has 1 fully saturated rings. The zero-order chi connectivity index (χ0) is 21.1. The number of phenols is 1. The molecule has 6 nitrogen and oxygen atoms in total. The first-order valence-electron chi connectivity index (χ1n) is 10.7. The number of aliphatic hydroxyl groups excluding tert-OH is 1. The molecule has 2 aliphatic heterocycles. The molecular formula is C24H30N2O4+2. The predicted molar refractivity (Wildman–Crippen MR) is 114 cm³/mol. The van der Waals surface area contributed by atoms with E-state index in [0.717, 1.165) is 44.7 Å². The third-order valence-electron chi connectivity index (χ3n) is 6.16. The first-order valence-corrected chi connectivity index (χ1v) is 10.7. The Hall–Kier alpha value is -2.67. The number of benzene rings is 2. The lowest BCUT2D eigenvalue weighted by Crippen LogP contribution is -3.27. The van der Waals surface area contributed by atoms with Crippen molar-refractivity contribution in [2.24, 2.45) is 0 Å². The van der Waals surface area contributed by atoms with E-state index in [0.29, 0.717) is 29.2 Å². The molecule has 0 aromatic heterocycles. The Kier molecular flexibility index (Phi) is 6.18. The monoisotopic (exact) mass is 410 g/mol. The number of aromatic hydroxyl groups is 1. The first-order chi connectivity index (χ1) is 14.6. The Morgan fingerprint density at radius 2 is 1.73 bits per heavy atom. The normalized spacial score (nSPS) is 22.2. The molecule has 158 valence electrons. The SMILES string of the molecule is CCc1ccc(/C=C2\Oc3c(ccc(O)c3C[NH+]3CC[NH+](CCO)CC3)C2=O)cc1. The van der Waals surface area contributed by atoms with Gasteiger partial charge in [-0.2, -0.15) is 0 Å². The molecule has 2 heterocycles. The highest BCUT2D eigenvalue weighted by molar-refractivity contribution is 6.14. The van der Waals surface area contributed by atoms with Gasteiger partial charge < -0.3 is 24.7 Å². The van der Waals surface area contributed by atoms with Crippen LogP contribution in [0.25, 0.3) is 6.08 Å². The molecule has 0 saturated carbocycles. The lowest BCUT2D eigenvalue weighted by atomic mass is 10.0. The first kappa shape index (κ1) is 20.6. The highest BCUT2D eigenvalue weighted by Crippen LogP contribution is 2.39. The number of quaternary nitrogens is 2. The van der Waals surface area contributed by atoms with E-state index < -0.39 is 0 Å². The van der Waals surface area contributed by atoms with E-state index in [1.54, 1.807) is 18.2 Å². The number of phenolic OH excluding ortho intramolecular Hbond substituents is 1. The number of aliphatic hydroxyl groups is 1. The van der Waals surface area contributed by atoms with Crippen molar-refractivity contribution in [2.75, 3.05) is 39.3 Å². The second-order valence-corrected chi connectivity index (χ2v) is 8.13. The van der Waals surface area contributed by atoms with Gasteiger partial charge in [0.05, 0.1) is 17.7 Å². The topological polar surface area (TPSA) is 75.6 Å². The number of hydrogen-bond donors (Lipinski definition) is 4. The van der Waals surface area contributed by atoms with Crippen LogP contribution in [-0.2, 0) is 13.0 Å². The number of rotatable bonds is 6. The van der Waals surface area contributed by atoms with Gasteiger partial charge in [-0.25, -0.2) is 0 Å². The van der Waals surface area contributed by atoms with Crippen molar-refractivity contribution >= 4 is 11.9 Å². The molecule has 0 spiro atoms. The smallest absolute Gasteiger partial charge is 0.231 e. The van der Waals surface area contributed by atoms with E-state index in [2.05, 4.69) is 19.1 Å². The molecule has 6 heteroatoms. The van der Waals surface area contributed by atoms with Crippen LogP contribution in [0, 0.1) is 0 Å². The van der Waals surface area contributed by atoms with Gasteiger partial charge >= 0.3 is 0 Å². The van der Waals surface area contributed by atoms with Crippen LogP contribution in [0.3, 0.4) is 0 Å². The number of Topliss-reactive ketones (excluding diaryl/α,β-unsaturated/α-hetero) is 1. The minimum atomic E-state index is -0.141. The van der Waals surface area contributed by atoms with Crippen LogP contribution in [0.2, 0.25) is 0 Å². The van der Waals surface area contributed by atoms with Crippen LogP contribution in [0.5, 0.6) is 11.5 Å². The molecule has 0 amide bonds. The molecule has 4 rings (SSSR count). The highest BCUT2D eigenvalue weighted by Gasteiger charge is 2.33. The summed E-state index contributed by atoms with van der Waals surface area (Å²) >= 11 is 0. The highest BCUT2D eigenvalue weighted by atomic mass is 16.5. The van der Waals surface area contributed by atoms with Crippen molar-refractivity contribution in [3.8, 4) is 11.5 Å². The zero-order valence-electron chi connectivity index (χ0n) is 17.4. The van der Waals surface area contributed by atoms with E-state index in [1.165, 1.54) is 15.4 Å². The molecule has 0 atom stereocenters. The van der Waals surface area contributed by atoms with E-state index >= 15 is 0 Å². The number of hydrogen-bond acceptors (Lipinski definition) is 4. The number of fused-ring (bicyclic) bond motifs is 1. The third-order valence-corrected chi connectivity index (χ3v) is 6.16. The van der Waals surface area contributed by atoms with Gasteiger partial charge in [0.25, 0.3) is 0 Å². The number of nitrogens with one attached hydrogen (secondary N) is 2. The zero-order valence-corrected chi connectivity index (χ0v) is 17.4. The summed E-state index contributed by atoms with van der Waals surface area (Å²) in [5.41, 5.74) is 3.38. The van der Waals surface area contributed by atoms with Crippen molar-refractivity contribution in [2.45, 2.75) is 19.9 Å². The molecule has 2 aromatic carbocycles. The van der Waals surface area contributed by atoms with Crippen LogP contribution in [-0.4, -0.2) is 55.3 Å². The quantitative estimate of drug-likeness (QED) is 0.500. The summed E-state index contributed by atoms with van der Waals surface area (Å²) in [5.74, 6) is 0.827. The van der Waals surface area contributed by atoms with Crippen LogP contribution in [0.4, 0.5) is 0 Å². The predicted octanol–water partition coefficient (Wildman–Crippen LogP) is -0.153. The van der Waals surface area contributed by atoms with Crippen molar-refractivity contribution in [1.82, 2.24) is 0 Å². The number of ether oxygens (including phenoxy) is 1. The van der Waals surface area contributed by atoms with Crippen molar-refractivity contribution in [3.63, 3.8) is 0 Å². The summed E-state index contributed by atoms with van der Waals surface area (Å²) in [7, 11) is 0. The van der Waals surface area contributed by atoms with E-state index in [1.807, 2.05) is 12.1 Å². The number of carbonyl (C=O) groups is 1. The number of ketones is 1. The molecular weight excluding hydrogens is 380 g/mol. The van der Waals surface area contributed by atoms with Crippen molar-refractivity contribution < 1.29 is 29.5 Å². The molecule has 0 unspecified atom stereocenters. The Labute approximate surface area is 177 Å². The van der Waals surface area contributed by atoms with Gasteiger partial charge in [-0.1, -0.05) is 31.2 Å². The van der Waals surface area contributed by atoms with Gasteiger partial charge in [0.2, 0.25) is 5.78 Å². The molecule has 0 bridgehead atoms.